The Kier molecular flexibility index (Phi) is 4.06. The molecule has 0 saturated heterocycles. The van der Waals surface area contributed by atoms with E-state index in [1.54, 1.807) is 12.3 Å². The number of rotatable bonds is 3. The van der Waals surface area contributed by atoms with Gasteiger partial charge in [-0.05, 0) is 30.0 Å². The molecular weight excluding hydrogens is 305 g/mol. The number of carboxylic acid groups (broad SMARTS) is 1. The molecule has 7 heteroatoms. The average Bonchev–Trinajstić information content (AvgIpc) is 2.71. The summed E-state index contributed by atoms with van der Waals surface area (Å²) < 4.78 is 13.6. The van der Waals surface area contributed by atoms with Crippen LogP contribution in [0.3, 0.4) is 0 Å². The van der Waals surface area contributed by atoms with Gasteiger partial charge in [0, 0.05) is 0 Å². The van der Waals surface area contributed by atoms with E-state index < -0.39 is 17.7 Å². The first kappa shape index (κ1) is 14.5. The van der Waals surface area contributed by atoms with Gasteiger partial charge in [0.05, 0.1) is 16.3 Å². The van der Waals surface area contributed by atoms with Gasteiger partial charge in [-0.3, -0.25) is 4.79 Å². The van der Waals surface area contributed by atoms with E-state index in [2.05, 4.69) is 5.32 Å². The number of anilines is 1. The molecule has 0 radical (unpaired) electrons. The van der Waals surface area contributed by atoms with Crippen LogP contribution in [0.5, 0.6) is 0 Å². The van der Waals surface area contributed by atoms with Gasteiger partial charge in [0.15, 0.2) is 0 Å². The van der Waals surface area contributed by atoms with Crippen molar-refractivity contribution in [1.82, 2.24) is 0 Å². The summed E-state index contributed by atoms with van der Waals surface area (Å²) in [4.78, 5) is 23.1. The topological polar surface area (TPSA) is 66.4 Å². The number of halogens is 2. The molecule has 0 unspecified atom stereocenters. The molecule has 0 atom stereocenters. The molecule has 1 aromatic heterocycles. The van der Waals surface area contributed by atoms with Crippen molar-refractivity contribution in [2.75, 3.05) is 5.32 Å². The Labute approximate surface area is 122 Å². The second kappa shape index (κ2) is 5.60. The number of carboxylic acids is 1. The quantitative estimate of drug-likeness (QED) is 0.905. The molecule has 104 valence electrons. The Bertz CT molecular complexity index is 679. The smallest absolute Gasteiger partial charge is 0.348 e. The van der Waals surface area contributed by atoms with Crippen LogP contribution in [0.25, 0.3) is 0 Å². The third kappa shape index (κ3) is 2.66. The molecule has 2 aromatic rings. The fourth-order valence-corrected chi connectivity index (χ4v) is 2.74. The van der Waals surface area contributed by atoms with Crippen molar-refractivity contribution in [3.05, 3.63) is 50.4 Å². The zero-order valence-electron chi connectivity index (χ0n) is 10.2. The molecule has 0 saturated carbocycles. The summed E-state index contributed by atoms with van der Waals surface area (Å²) in [6, 6.07) is 3.88. The van der Waals surface area contributed by atoms with Crippen molar-refractivity contribution >= 4 is 40.5 Å². The molecule has 2 rings (SSSR count). The van der Waals surface area contributed by atoms with Crippen molar-refractivity contribution in [2.24, 2.45) is 0 Å². The Morgan fingerprint density at radius 2 is 2.10 bits per heavy atom. The second-order valence-electron chi connectivity index (χ2n) is 3.98. The first-order chi connectivity index (χ1) is 9.41. The fraction of sp³-hybridized carbons (Fsp3) is 0.0769. The van der Waals surface area contributed by atoms with Crippen LogP contribution in [-0.2, 0) is 0 Å². The third-order valence-electron chi connectivity index (χ3n) is 2.60. The molecule has 2 N–H and O–H groups in total. The molecule has 0 aliphatic heterocycles. The predicted octanol–water partition coefficient (Wildman–Crippen LogP) is 3.80. The van der Waals surface area contributed by atoms with Gasteiger partial charge in [0.25, 0.3) is 5.91 Å². The van der Waals surface area contributed by atoms with Crippen LogP contribution in [0.15, 0.2) is 23.6 Å². The highest BCUT2D eigenvalue weighted by Gasteiger charge is 2.21. The molecular formula is C13H9ClFNO3S. The maximum absolute atomic E-state index is 13.6. The Balaban J connectivity index is 2.38. The normalized spacial score (nSPS) is 10.3. The SMILES string of the molecule is Cc1csc(C(=O)O)c1NC(=O)c1c(F)cccc1Cl. The van der Waals surface area contributed by atoms with E-state index in [4.69, 9.17) is 16.7 Å². The van der Waals surface area contributed by atoms with Crippen LogP contribution in [0.2, 0.25) is 5.02 Å². The van der Waals surface area contributed by atoms with Crippen LogP contribution >= 0.6 is 22.9 Å². The standard InChI is InChI=1S/C13H9ClFNO3S/c1-6-5-20-11(13(18)19)10(6)16-12(17)9-7(14)3-2-4-8(9)15/h2-5H,1H3,(H,16,17)(H,18,19). The van der Waals surface area contributed by atoms with Crippen LogP contribution in [0, 0.1) is 12.7 Å². The van der Waals surface area contributed by atoms with Crippen molar-refractivity contribution in [3.63, 3.8) is 0 Å². The highest BCUT2D eigenvalue weighted by molar-refractivity contribution is 7.12. The number of nitrogens with one attached hydrogen (secondary N) is 1. The van der Waals surface area contributed by atoms with Gasteiger partial charge in [-0.2, -0.15) is 0 Å². The van der Waals surface area contributed by atoms with E-state index in [1.807, 2.05) is 0 Å². The minimum Gasteiger partial charge on any atom is -0.477 e. The largest absolute Gasteiger partial charge is 0.477 e. The van der Waals surface area contributed by atoms with Crippen LogP contribution in [-0.4, -0.2) is 17.0 Å². The van der Waals surface area contributed by atoms with Gasteiger partial charge in [0.2, 0.25) is 0 Å². The lowest BCUT2D eigenvalue weighted by Gasteiger charge is -2.08. The molecule has 0 spiro atoms. The van der Waals surface area contributed by atoms with E-state index in [9.17, 15) is 14.0 Å². The van der Waals surface area contributed by atoms with Crippen molar-refractivity contribution in [2.45, 2.75) is 6.92 Å². The number of carbonyl (C=O) groups is 2. The zero-order valence-corrected chi connectivity index (χ0v) is 11.8. The van der Waals surface area contributed by atoms with E-state index in [0.29, 0.717) is 5.56 Å². The Morgan fingerprint density at radius 1 is 1.40 bits per heavy atom. The number of benzene rings is 1. The predicted molar refractivity (Wildman–Crippen MR) is 75.4 cm³/mol. The van der Waals surface area contributed by atoms with Gasteiger partial charge in [-0.1, -0.05) is 17.7 Å². The van der Waals surface area contributed by atoms with Gasteiger partial charge in [0.1, 0.15) is 10.7 Å². The van der Waals surface area contributed by atoms with Crippen molar-refractivity contribution in [1.29, 1.82) is 0 Å². The van der Waals surface area contributed by atoms with Crippen LogP contribution in [0.1, 0.15) is 25.6 Å². The number of hydrogen-bond acceptors (Lipinski definition) is 3. The lowest BCUT2D eigenvalue weighted by molar-refractivity contribution is 0.0703. The average molecular weight is 314 g/mol. The Hall–Kier alpha value is -1.92. The van der Waals surface area contributed by atoms with Gasteiger partial charge in [-0.25, -0.2) is 9.18 Å². The summed E-state index contributed by atoms with van der Waals surface area (Å²) in [5.74, 6) is -2.70. The summed E-state index contributed by atoms with van der Waals surface area (Å²) in [5.41, 5.74) is 0.441. The molecule has 0 aliphatic carbocycles. The van der Waals surface area contributed by atoms with Gasteiger partial charge in [-0.15, -0.1) is 11.3 Å². The lowest BCUT2D eigenvalue weighted by Crippen LogP contribution is -2.16. The van der Waals surface area contributed by atoms with Crippen molar-refractivity contribution in [3.8, 4) is 0 Å². The lowest BCUT2D eigenvalue weighted by atomic mass is 10.2. The highest BCUT2D eigenvalue weighted by Crippen LogP contribution is 2.29. The molecule has 1 heterocycles. The number of aromatic carboxylic acids is 1. The third-order valence-corrected chi connectivity index (χ3v) is 4.00. The summed E-state index contributed by atoms with van der Waals surface area (Å²) in [5, 5.41) is 13.0. The molecule has 4 nitrogen and oxygen atoms in total. The maximum Gasteiger partial charge on any atom is 0.348 e. The molecule has 0 fully saturated rings. The van der Waals surface area contributed by atoms with E-state index in [0.717, 1.165) is 17.4 Å². The zero-order chi connectivity index (χ0) is 14.9. The molecule has 1 aromatic carbocycles. The number of hydrogen-bond donors (Lipinski definition) is 2. The van der Waals surface area contributed by atoms with E-state index in [1.165, 1.54) is 12.1 Å². The molecule has 20 heavy (non-hydrogen) atoms. The number of thiophene rings is 1. The monoisotopic (exact) mass is 313 g/mol. The minimum absolute atomic E-state index is 0.0108. The molecule has 0 bridgehead atoms. The molecule has 0 aliphatic rings. The number of carbonyl (C=O) groups excluding carboxylic acids is 1. The summed E-state index contributed by atoms with van der Waals surface area (Å²) in [6.07, 6.45) is 0. The summed E-state index contributed by atoms with van der Waals surface area (Å²) in [6.45, 7) is 1.65. The first-order valence-electron chi connectivity index (χ1n) is 5.48. The van der Waals surface area contributed by atoms with Gasteiger partial charge < -0.3 is 10.4 Å². The van der Waals surface area contributed by atoms with Gasteiger partial charge >= 0.3 is 5.97 Å². The summed E-state index contributed by atoms with van der Waals surface area (Å²) >= 11 is 6.78. The number of amides is 1. The first-order valence-corrected chi connectivity index (χ1v) is 6.74. The Morgan fingerprint density at radius 3 is 2.70 bits per heavy atom. The van der Waals surface area contributed by atoms with E-state index in [-0.39, 0.29) is 21.2 Å². The summed E-state index contributed by atoms with van der Waals surface area (Å²) in [7, 11) is 0. The highest BCUT2D eigenvalue weighted by atomic mass is 35.5. The van der Waals surface area contributed by atoms with Crippen molar-refractivity contribution < 1.29 is 19.1 Å². The fourth-order valence-electron chi connectivity index (χ4n) is 1.65. The minimum atomic E-state index is -1.15. The molecule has 1 amide bonds. The maximum atomic E-state index is 13.6. The van der Waals surface area contributed by atoms with Crippen LogP contribution in [0.4, 0.5) is 10.1 Å². The second-order valence-corrected chi connectivity index (χ2v) is 5.27. The van der Waals surface area contributed by atoms with Crippen LogP contribution < -0.4 is 5.32 Å². The van der Waals surface area contributed by atoms with E-state index >= 15 is 0 Å². The number of aryl methyl sites for hydroxylation is 1.